The minimum atomic E-state index is 0.0717. The minimum Gasteiger partial charge on any atom is -0.467 e. The van der Waals surface area contributed by atoms with Crippen LogP contribution >= 0.6 is 11.6 Å². The van der Waals surface area contributed by atoms with Crippen LogP contribution in [0.5, 0.6) is 0 Å². The predicted molar refractivity (Wildman–Crippen MR) is 65.8 cm³/mol. The molecular weight excluding hydrogens is 270 g/mol. The molecular formula is C10H8ClN7O. The highest BCUT2D eigenvalue weighted by molar-refractivity contribution is 6.28. The second-order valence-corrected chi connectivity index (χ2v) is 3.84. The molecule has 19 heavy (non-hydrogen) atoms. The molecule has 0 aromatic carbocycles. The first-order valence-corrected chi connectivity index (χ1v) is 5.72. The van der Waals surface area contributed by atoms with Crippen LogP contribution in [0.3, 0.4) is 0 Å². The van der Waals surface area contributed by atoms with Crippen LogP contribution < -0.4 is 5.32 Å². The highest BCUT2D eigenvalue weighted by Gasteiger charge is 2.07. The van der Waals surface area contributed by atoms with E-state index in [9.17, 15) is 0 Å². The van der Waals surface area contributed by atoms with E-state index in [-0.39, 0.29) is 5.28 Å². The summed E-state index contributed by atoms with van der Waals surface area (Å²) in [5.41, 5.74) is 0. The molecule has 0 fully saturated rings. The van der Waals surface area contributed by atoms with Crippen LogP contribution in [0.1, 0.15) is 5.76 Å². The van der Waals surface area contributed by atoms with E-state index in [1.807, 2.05) is 6.07 Å². The van der Waals surface area contributed by atoms with Crippen molar-refractivity contribution in [2.45, 2.75) is 6.54 Å². The van der Waals surface area contributed by atoms with E-state index in [1.165, 1.54) is 17.3 Å². The molecule has 0 spiro atoms. The van der Waals surface area contributed by atoms with Crippen LogP contribution in [-0.2, 0) is 6.54 Å². The van der Waals surface area contributed by atoms with Crippen molar-refractivity contribution in [2.75, 3.05) is 5.32 Å². The van der Waals surface area contributed by atoms with Gasteiger partial charge in [0.15, 0.2) is 0 Å². The van der Waals surface area contributed by atoms with Crippen LogP contribution in [0.4, 0.5) is 5.95 Å². The summed E-state index contributed by atoms with van der Waals surface area (Å²) in [6, 6.07) is 3.65. The Labute approximate surface area is 112 Å². The number of rotatable bonds is 4. The predicted octanol–water partition coefficient (Wildman–Crippen LogP) is 1.31. The third kappa shape index (κ3) is 2.68. The van der Waals surface area contributed by atoms with Gasteiger partial charge in [0.25, 0.3) is 5.95 Å². The van der Waals surface area contributed by atoms with Crippen molar-refractivity contribution in [1.29, 1.82) is 0 Å². The van der Waals surface area contributed by atoms with Gasteiger partial charge >= 0.3 is 0 Å². The number of hydrogen-bond acceptors (Lipinski definition) is 7. The van der Waals surface area contributed by atoms with E-state index in [1.54, 1.807) is 12.3 Å². The third-order valence-corrected chi connectivity index (χ3v) is 2.39. The summed E-state index contributed by atoms with van der Waals surface area (Å²) >= 11 is 5.84. The van der Waals surface area contributed by atoms with Gasteiger partial charge in [0.05, 0.1) is 12.8 Å². The summed E-state index contributed by atoms with van der Waals surface area (Å²) in [6.45, 7) is 0.449. The molecule has 0 aliphatic heterocycles. The van der Waals surface area contributed by atoms with Gasteiger partial charge in [-0.1, -0.05) is 0 Å². The highest BCUT2D eigenvalue weighted by atomic mass is 35.5. The molecule has 96 valence electrons. The van der Waals surface area contributed by atoms with Crippen LogP contribution in [0.25, 0.3) is 5.95 Å². The first-order chi connectivity index (χ1) is 9.31. The monoisotopic (exact) mass is 277 g/mol. The fraction of sp³-hybridized carbons (Fsp3) is 0.100. The summed E-state index contributed by atoms with van der Waals surface area (Å²) in [7, 11) is 0. The second-order valence-electron chi connectivity index (χ2n) is 3.50. The normalized spacial score (nSPS) is 10.6. The van der Waals surface area contributed by atoms with Crippen LogP contribution in [0, 0.1) is 0 Å². The van der Waals surface area contributed by atoms with E-state index in [4.69, 9.17) is 16.0 Å². The maximum Gasteiger partial charge on any atom is 0.258 e. The first-order valence-electron chi connectivity index (χ1n) is 5.34. The lowest BCUT2D eigenvalue weighted by Crippen LogP contribution is -2.09. The second kappa shape index (κ2) is 5.02. The molecule has 0 saturated carbocycles. The molecule has 3 aromatic rings. The molecule has 0 saturated heterocycles. The SMILES string of the molecule is Clc1nc(NCc2ccco2)nc(-n2cncn2)n1. The number of anilines is 1. The quantitative estimate of drug-likeness (QED) is 0.768. The summed E-state index contributed by atoms with van der Waals surface area (Å²) in [4.78, 5) is 15.9. The van der Waals surface area contributed by atoms with E-state index < -0.39 is 0 Å². The van der Waals surface area contributed by atoms with Gasteiger partial charge in [0.2, 0.25) is 11.2 Å². The Hall–Kier alpha value is -2.48. The molecule has 3 rings (SSSR count). The number of furan rings is 1. The molecule has 1 N–H and O–H groups in total. The Morgan fingerprint density at radius 3 is 3.00 bits per heavy atom. The van der Waals surface area contributed by atoms with Gasteiger partial charge < -0.3 is 9.73 Å². The molecule has 8 nitrogen and oxygen atoms in total. The molecule has 0 unspecified atom stereocenters. The standard InChI is InChI=1S/C10H8ClN7O/c11-8-15-9(13-4-7-2-1-3-19-7)17-10(16-8)18-6-12-5-14-18/h1-3,5-6H,4H2,(H,13,15,16,17). The van der Waals surface area contributed by atoms with E-state index in [0.29, 0.717) is 18.4 Å². The maximum absolute atomic E-state index is 5.84. The van der Waals surface area contributed by atoms with Crippen molar-refractivity contribution in [3.05, 3.63) is 42.1 Å². The van der Waals surface area contributed by atoms with Gasteiger partial charge in [-0.2, -0.15) is 24.7 Å². The number of aromatic nitrogens is 6. The van der Waals surface area contributed by atoms with Gasteiger partial charge in [-0.25, -0.2) is 4.98 Å². The minimum absolute atomic E-state index is 0.0717. The highest BCUT2D eigenvalue weighted by Crippen LogP contribution is 2.10. The lowest BCUT2D eigenvalue weighted by molar-refractivity contribution is 0.517. The maximum atomic E-state index is 5.84. The van der Waals surface area contributed by atoms with Crippen LogP contribution in [0.2, 0.25) is 5.28 Å². The first kappa shape index (κ1) is 11.6. The Morgan fingerprint density at radius 1 is 1.32 bits per heavy atom. The van der Waals surface area contributed by atoms with E-state index in [0.717, 1.165) is 5.76 Å². The van der Waals surface area contributed by atoms with Gasteiger partial charge in [0, 0.05) is 0 Å². The largest absolute Gasteiger partial charge is 0.467 e. The smallest absolute Gasteiger partial charge is 0.258 e. The van der Waals surface area contributed by atoms with Crippen molar-refractivity contribution in [1.82, 2.24) is 29.7 Å². The number of nitrogens with one attached hydrogen (secondary N) is 1. The Balaban J connectivity index is 1.82. The summed E-state index contributed by atoms with van der Waals surface area (Å²) in [5.74, 6) is 1.39. The van der Waals surface area contributed by atoms with Crippen LogP contribution in [0.15, 0.2) is 35.5 Å². The molecule has 3 heterocycles. The van der Waals surface area contributed by atoms with Gasteiger partial charge in [-0.05, 0) is 23.7 Å². The Morgan fingerprint density at radius 2 is 2.26 bits per heavy atom. The molecule has 0 radical (unpaired) electrons. The van der Waals surface area contributed by atoms with Gasteiger partial charge in [0.1, 0.15) is 18.4 Å². The molecule has 0 atom stereocenters. The van der Waals surface area contributed by atoms with Crippen molar-refractivity contribution < 1.29 is 4.42 Å². The van der Waals surface area contributed by atoms with Crippen LogP contribution in [-0.4, -0.2) is 29.7 Å². The van der Waals surface area contributed by atoms with Crippen molar-refractivity contribution in [2.24, 2.45) is 0 Å². The average molecular weight is 278 g/mol. The number of hydrogen-bond donors (Lipinski definition) is 1. The van der Waals surface area contributed by atoms with E-state index >= 15 is 0 Å². The Kier molecular flexibility index (Phi) is 3.07. The number of halogens is 1. The zero-order valence-electron chi connectivity index (χ0n) is 9.56. The lowest BCUT2D eigenvalue weighted by Gasteiger charge is -2.04. The third-order valence-electron chi connectivity index (χ3n) is 2.22. The molecule has 0 bridgehead atoms. The average Bonchev–Trinajstić information content (AvgIpc) is 3.09. The van der Waals surface area contributed by atoms with Crippen molar-refractivity contribution in [3.63, 3.8) is 0 Å². The van der Waals surface area contributed by atoms with E-state index in [2.05, 4.69) is 30.4 Å². The fourth-order valence-electron chi connectivity index (χ4n) is 1.41. The fourth-order valence-corrected chi connectivity index (χ4v) is 1.57. The summed E-state index contributed by atoms with van der Waals surface area (Å²) in [6.07, 6.45) is 4.45. The zero-order valence-corrected chi connectivity index (χ0v) is 10.3. The Bertz CT molecular complexity index is 653. The summed E-state index contributed by atoms with van der Waals surface area (Å²) in [5, 5.41) is 6.99. The number of nitrogens with zero attached hydrogens (tertiary/aromatic N) is 6. The summed E-state index contributed by atoms with van der Waals surface area (Å²) < 4.78 is 6.59. The van der Waals surface area contributed by atoms with Crippen molar-refractivity contribution in [3.8, 4) is 5.95 Å². The zero-order chi connectivity index (χ0) is 13.1. The van der Waals surface area contributed by atoms with Gasteiger partial charge in [-0.3, -0.25) is 0 Å². The molecule has 0 amide bonds. The van der Waals surface area contributed by atoms with Gasteiger partial charge in [-0.15, -0.1) is 0 Å². The lowest BCUT2D eigenvalue weighted by atomic mass is 10.4. The molecule has 0 aliphatic carbocycles. The topological polar surface area (TPSA) is 94.6 Å². The molecule has 9 heteroatoms. The molecule has 0 aliphatic rings. The molecule has 3 aromatic heterocycles. The van der Waals surface area contributed by atoms with Crippen molar-refractivity contribution >= 4 is 17.5 Å².